The first-order chi connectivity index (χ1) is 50.8. The lowest BCUT2D eigenvalue weighted by Gasteiger charge is -2.21. The van der Waals surface area contributed by atoms with E-state index in [1.54, 1.807) is 71.5 Å². The molecule has 4 aromatic carbocycles. The summed E-state index contributed by atoms with van der Waals surface area (Å²) in [7, 11) is 0. The van der Waals surface area contributed by atoms with Crippen LogP contribution < -0.4 is 21.7 Å². The number of carbonyl (C=O) groups is 10. The highest BCUT2D eigenvalue weighted by Crippen LogP contribution is 2.42. The summed E-state index contributed by atoms with van der Waals surface area (Å²) >= 11 is 15.7. The molecule has 3 aliphatic heterocycles. The second-order valence-electron chi connectivity index (χ2n) is 27.2. The Morgan fingerprint density at radius 1 is 0.604 bits per heavy atom. The molecule has 106 heavy (non-hydrogen) atoms. The zero-order chi connectivity index (χ0) is 75.7. The first kappa shape index (κ1) is 78.8. The number of ketones is 5. The number of imide groups is 1. The van der Waals surface area contributed by atoms with Gasteiger partial charge in [-0.3, -0.25) is 72.4 Å². The van der Waals surface area contributed by atoms with Crippen LogP contribution in [-0.2, 0) is 60.8 Å². The largest absolute Gasteiger partial charge is 0.481 e. The molecule has 0 bridgehead atoms. The number of unbranched alkanes of at least 4 members (excludes halogenated alkanes) is 6. The van der Waals surface area contributed by atoms with Crippen molar-refractivity contribution in [2.24, 2.45) is 15.9 Å². The van der Waals surface area contributed by atoms with Gasteiger partial charge >= 0.3 is 5.97 Å². The number of aryl methyl sites for hydroxylation is 3. The van der Waals surface area contributed by atoms with Crippen molar-refractivity contribution in [3.8, 4) is 10.0 Å². The summed E-state index contributed by atoms with van der Waals surface area (Å²) in [6.45, 7) is 10.3. The molecule has 0 radical (unpaired) electrons. The number of carboxylic acids is 1. The SMILES string of the molecule is Cc1sc2c(c1C)C(c1ccc(Cl)cc1)=N[C@@H](CC(=O)CCCCCCC(=O)Nc1cccc(CC(=O)NC3CCC(=O)CC3=O)c1)c1nnc(C)n1-2.Cc1sc2c(c1C)C(c1ccc(Cl)cc1)=N[C@@H](CC(=O)CCCCCCC(=O)O)c1nncn1-2.Nc1cccc(CC(=O)CC2CCC(=O)NC2=O)c1. The number of halogens is 2. The normalized spacial score (nSPS) is 16.5. The topological polar surface area (TPSA) is 339 Å². The molecule has 23 nitrogen and oxygen atoms in total. The van der Waals surface area contributed by atoms with Crippen molar-refractivity contribution in [3.05, 3.63) is 185 Å². The number of nitrogens with two attached hydrogens (primary N) is 1. The number of hydrogen-bond donors (Lipinski definition) is 5. The molecule has 8 aromatic rings. The lowest BCUT2D eigenvalue weighted by Crippen LogP contribution is -2.44. The van der Waals surface area contributed by atoms with Gasteiger partial charge in [0, 0.05) is 124 Å². The summed E-state index contributed by atoms with van der Waals surface area (Å²) in [5, 5.41) is 37.3. The Morgan fingerprint density at radius 3 is 1.76 bits per heavy atom. The number of carbonyl (C=O) groups excluding carboxylic acids is 9. The number of piperidine rings is 1. The van der Waals surface area contributed by atoms with Gasteiger partial charge in [0.25, 0.3) is 0 Å². The number of aliphatic imine (C=N–C) groups is 2. The summed E-state index contributed by atoms with van der Waals surface area (Å²) in [4.78, 5) is 133. The number of amides is 4. The number of Topliss-reactive ketones (excluding diaryl/α,β-unsaturated/α-hetero) is 5. The fourth-order valence-electron chi connectivity index (χ4n) is 13.3. The van der Waals surface area contributed by atoms with E-state index in [0.29, 0.717) is 103 Å². The summed E-state index contributed by atoms with van der Waals surface area (Å²) in [6, 6.07) is 27.9. The number of thiophene rings is 2. The van der Waals surface area contributed by atoms with Gasteiger partial charge in [0.2, 0.25) is 23.6 Å². The van der Waals surface area contributed by atoms with Gasteiger partial charge in [-0.05, 0) is 144 Å². The molecule has 2 unspecified atom stereocenters. The van der Waals surface area contributed by atoms with E-state index in [4.69, 9.17) is 44.0 Å². The summed E-state index contributed by atoms with van der Waals surface area (Å²) in [5.41, 5.74) is 16.3. The number of anilines is 2. The summed E-state index contributed by atoms with van der Waals surface area (Å²) < 4.78 is 4.02. The number of aromatic nitrogens is 6. The van der Waals surface area contributed by atoms with Gasteiger partial charge < -0.3 is 21.5 Å². The molecule has 1 aliphatic carbocycles. The van der Waals surface area contributed by atoms with Gasteiger partial charge in [-0.25, -0.2) is 0 Å². The molecular weight excluding hydrogens is 1430 g/mol. The number of aliphatic carboxylic acids is 1. The van der Waals surface area contributed by atoms with Crippen molar-refractivity contribution < 1.29 is 53.1 Å². The van der Waals surface area contributed by atoms with Crippen LogP contribution in [-0.4, -0.2) is 111 Å². The Hall–Kier alpha value is -9.82. The van der Waals surface area contributed by atoms with Crippen LogP contribution >= 0.6 is 45.9 Å². The molecule has 27 heteroatoms. The molecule has 1 saturated carbocycles. The number of benzene rings is 4. The van der Waals surface area contributed by atoms with Crippen molar-refractivity contribution >= 4 is 127 Å². The van der Waals surface area contributed by atoms with Gasteiger partial charge in [0.1, 0.15) is 57.4 Å². The molecule has 6 N–H and O–H groups in total. The van der Waals surface area contributed by atoms with E-state index in [1.165, 1.54) is 9.75 Å². The summed E-state index contributed by atoms with van der Waals surface area (Å²) in [6.07, 6.45) is 11.4. The average Bonchev–Trinajstić information content (AvgIpc) is 1.60. The molecule has 554 valence electrons. The van der Waals surface area contributed by atoms with E-state index in [0.717, 1.165) is 98.3 Å². The quantitative estimate of drug-likeness (QED) is 0.0132. The maximum Gasteiger partial charge on any atom is 0.303 e. The Labute approximate surface area is 632 Å². The van der Waals surface area contributed by atoms with Crippen molar-refractivity contribution in [1.29, 1.82) is 0 Å². The van der Waals surface area contributed by atoms with Gasteiger partial charge in [0.05, 0.1) is 30.3 Å². The van der Waals surface area contributed by atoms with Gasteiger partial charge in [0.15, 0.2) is 17.4 Å². The van der Waals surface area contributed by atoms with E-state index < -0.39 is 24.1 Å². The maximum atomic E-state index is 13.4. The van der Waals surface area contributed by atoms with Gasteiger partial charge in [-0.2, -0.15) is 0 Å². The average molecular weight is 1510 g/mol. The molecule has 0 spiro atoms. The Balaban J connectivity index is 0.000000192. The van der Waals surface area contributed by atoms with Crippen LogP contribution in [0.25, 0.3) is 10.0 Å². The van der Waals surface area contributed by atoms with Crippen LogP contribution in [0.3, 0.4) is 0 Å². The minimum absolute atomic E-state index is 0.0138. The zero-order valence-corrected chi connectivity index (χ0v) is 63.1. The lowest BCUT2D eigenvalue weighted by atomic mass is 9.91. The van der Waals surface area contributed by atoms with Crippen LogP contribution in [0.4, 0.5) is 11.4 Å². The number of nitrogen functional groups attached to an aromatic ring is 1. The number of fused-ring (bicyclic) bond motifs is 6. The smallest absolute Gasteiger partial charge is 0.303 e. The molecule has 4 aromatic heterocycles. The first-order valence-corrected chi connectivity index (χ1v) is 38.1. The molecular formula is C79H86Cl2N12O11S2. The second-order valence-corrected chi connectivity index (χ2v) is 30.5. The standard InChI is InChI=1S/C40H43ClN6O5S.C25H27ClN4O3S.C14H16N2O3/c1-23-24(2)53-40-37(23)38(27-13-15-28(41)16-14-27)44-33(39-46-45-25(3)47(39)40)21-30(48)11-6-4-5-7-12-35(51)42-29-10-8-9-26(19-29)20-36(52)43-32-18-17-31(49)22-34(32)50;1-15-16(2)34-25-22(15)23(17-9-11-18(26)12-10-17)28-20(24-29-27-14-30(24)25)13-19(31)7-5-3-4-6-8-21(32)33;15-11-3-1-2-9(6-11)7-12(17)8-10-4-5-13(18)16-14(10)19/h8-10,13-16,19,32-33H,4-7,11-12,17-18,20-22H2,1-3H3,(H,42,51)(H,43,52);9-12,14,20H,3-8,13H2,1-2H3,(H,32,33);1-3,6,10H,4-5,7-8,15H2,(H,16,18,19)/t32?,33-;20-;/m00./s1. The highest BCUT2D eigenvalue weighted by atomic mass is 35.5. The third kappa shape index (κ3) is 21.0. The van der Waals surface area contributed by atoms with Crippen molar-refractivity contribution in [2.75, 3.05) is 11.1 Å². The van der Waals surface area contributed by atoms with E-state index in [-0.39, 0.29) is 103 Å². The number of carboxylic acid groups (broad SMARTS) is 1. The fourth-order valence-corrected chi connectivity index (χ4v) is 15.9. The Morgan fingerprint density at radius 2 is 1.17 bits per heavy atom. The lowest BCUT2D eigenvalue weighted by molar-refractivity contribution is -0.139. The van der Waals surface area contributed by atoms with E-state index in [1.807, 2.05) is 66.1 Å². The predicted molar refractivity (Wildman–Crippen MR) is 409 cm³/mol. The minimum atomic E-state index is -0.776. The number of nitrogens with one attached hydrogen (secondary N) is 3. The number of nitrogens with zero attached hydrogens (tertiary/aromatic N) is 8. The molecule has 4 aliphatic rings. The summed E-state index contributed by atoms with van der Waals surface area (Å²) in [5.74, 6) is -0.230. The monoisotopic (exact) mass is 1510 g/mol. The van der Waals surface area contributed by atoms with Crippen molar-refractivity contribution in [2.45, 2.75) is 194 Å². The maximum absolute atomic E-state index is 13.4. The number of hydrogen-bond acceptors (Lipinski definition) is 19. The fraction of sp³-hybridized carbons (Fsp3) is 0.392. The molecule has 4 atom stereocenters. The van der Waals surface area contributed by atoms with Gasteiger partial charge in [-0.15, -0.1) is 43.1 Å². The second kappa shape index (κ2) is 36.9. The van der Waals surface area contributed by atoms with Crippen LogP contribution in [0.2, 0.25) is 10.0 Å². The molecule has 1 saturated heterocycles. The Kier molecular flexibility index (Phi) is 27.4. The molecule has 12 rings (SSSR count). The highest BCUT2D eigenvalue weighted by molar-refractivity contribution is 7.15. The van der Waals surface area contributed by atoms with E-state index in [2.05, 4.69) is 68.6 Å². The third-order valence-electron chi connectivity index (χ3n) is 19.1. The Bertz CT molecular complexity index is 4690. The van der Waals surface area contributed by atoms with E-state index in [9.17, 15) is 47.9 Å². The molecule has 2 fully saturated rings. The van der Waals surface area contributed by atoms with Gasteiger partial charge in [-0.1, -0.05) is 97.4 Å². The zero-order valence-electron chi connectivity index (χ0n) is 59.9. The molecule has 7 heterocycles. The van der Waals surface area contributed by atoms with Crippen LogP contribution in [0, 0.1) is 40.5 Å². The van der Waals surface area contributed by atoms with Crippen molar-refractivity contribution in [1.82, 2.24) is 40.2 Å². The molecule has 4 amide bonds. The van der Waals surface area contributed by atoms with Crippen LogP contribution in [0.15, 0.2) is 113 Å². The first-order valence-electron chi connectivity index (χ1n) is 35.7. The predicted octanol–water partition coefficient (Wildman–Crippen LogP) is 13.8. The van der Waals surface area contributed by atoms with Crippen LogP contribution in [0.1, 0.15) is 212 Å². The van der Waals surface area contributed by atoms with Crippen LogP contribution in [0.5, 0.6) is 0 Å². The minimum Gasteiger partial charge on any atom is -0.481 e. The number of rotatable bonds is 28. The highest BCUT2D eigenvalue weighted by Gasteiger charge is 2.35. The third-order valence-corrected chi connectivity index (χ3v) is 22.0. The van der Waals surface area contributed by atoms with E-state index >= 15 is 0 Å². The van der Waals surface area contributed by atoms with Crippen molar-refractivity contribution in [3.63, 3.8) is 0 Å².